The van der Waals surface area contributed by atoms with Crippen molar-refractivity contribution >= 4 is 11.8 Å². The zero-order chi connectivity index (χ0) is 22.8. The van der Waals surface area contributed by atoms with Gasteiger partial charge in [-0.1, -0.05) is 5.92 Å². The van der Waals surface area contributed by atoms with E-state index >= 15 is 0 Å². The molecule has 2 saturated heterocycles. The number of benzene rings is 1. The number of anilines is 1. The van der Waals surface area contributed by atoms with Crippen LogP contribution in [0.1, 0.15) is 48.6 Å². The van der Waals surface area contributed by atoms with Gasteiger partial charge in [0.1, 0.15) is 5.60 Å². The first-order valence-electron chi connectivity index (χ1n) is 11.4. The van der Waals surface area contributed by atoms with E-state index in [1.54, 1.807) is 0 Å². The van der Waals surface area contributed by atoms with Gasteiger partial charge in [-0.3, -0.25) is 4.90 Å². The molecule has 0 aromatic heterocycles. The van der Waals surface area contributed by atoms with Crippen molar-refractivity contribution in [3.63, 3.8) is 0 Å². The summed E-state index contributed by atoms with van der Waals surface area (Å²) < 4.78 is 5.55. The second-order valence-electron chi connectivity index (χ2n) is 9.70. The second-order valence-corrected chi connectivity index (χ2v) is 9.70. The number of nitrogens with zero attached hydrogens (tertiary/aromatic N) is 3. The van der Waals surface area contributed by atoms with Crippen LogP contribution in [0.5, 0.6) is 0 Å². The summed E-state index contributed by atoms with van der Waals surface area (Å²) in [5.41, 5.74) is 6.86. The summed E-state index contributed by atoms with van der Waals surface area (Å²) in [5.74, 6) is 2.96. The predicted octanol–water partition coefficient (Wildman–Crippen LogP) is 3.06. The smallest absolute Gasteiger partial charge is 0.410 e. The number of carbonyl (C=O) groups excluding carboxylic acids is 1. The monoisotopic (exact) mass is 426 g/mol. The van der Waals surface area contributed by atoms with Crippen molar-refractivity contribution in [2.45, 2.75) is 53.7 Å². The molecule has 1 aromatic rings. The van der Waals surface area contributed by atoms with E-state index in [-0.39, 0.29) is 6.09 Å². The van der Waals surface area contributed by atoms with E-state index in [1.807, 2.05) is 25.7 Å². The number of terminal acetylenes is 1. The van der Waals surface area contributed by atoms with Crippen LogP contribution in [0.25, 0.3) is 0 Å². The van der Waals surface area contributed by atoms with E-state index in [9.17, 15) is 4.79 Å². The first-order chi connectivity index (χ1) is 14.6. The maximum Gasteiger partial charge on any atom is 0.410 e. The number of nitrogens with one attached hydrogen (secondary N) is 1. The largest absolute Gasteiger partial charge is 0.444 e. The maximum atomic E-state index is 12.5. The van der Waals surface area contributed by atoms with E-state index < -0.39 is 5.60 Å². The lowest BCUT2D eigenvalue weighted by molar-refractivity contribution is 0.0240. The molecule has 2 heterocycles. The molecular formula is C25H38N4O2. The van der Waals surface area contributed by atoms with Gasteiger partial charge in [0.25, 0.3) is 0 Å². The van der Waals surface area contributed by atoms with Crippen LogP contribution < -0.4 is 10.2 Å². The van der Waals surface area contributed by atoms with Gasteiger partial charge in [0.2, 0.25) is 0 Å². The van der Waals surface area contributed by atoms with E-state index in [2.05, 4.69) is 41.8 Å². The fourth-order valence-corrected chi connectivity index (χ4v) is 4.72. The normalized spacial score (nSPS) is 18.1. The Hall–Kier alpha value is -2.23. The van der Waals surface area contributed by atoms with E-state index in [0.717, 1.165) is 51.4 Å². The molecule has 0 aliphatic carbocycles. The second kappa shape index (κ2) is 9.50. The van der Waals surface area contributed by atoms with Gasteiger partial charge < -0.3 is 19.9 Å². The van der Waals surface area contributed by atoms with Crippen LogP contribution in [-0.4, -0.2) is 73.9 Å². The molecule has 31 heavy (non-hydrogen) atoms. The Morgan fingerprint density at radius 1 is 1.00 bits per heavy atom. The minimum absolute atomic E-state index is 0.229. The standard InChI is InChI=1S/C25H38N4O2/c1-8-21-18(2)22(17-27-11-9-26-10-12-27)20(4)23(19(21)3)28-13-15-29(16-14-28)24(30)31-25(5,6)7/h1,26H,9-17H2,2-7H3. The fourth-order valence-electron chi connectivity index (χ4n) is 4.72. The van der Waals surface area contributed by atoms with Gasteiger partial charge in [0.05, 0.1) is 0 Å². The van der Waals surface area contributed by atoms with E-state index in [1.165, 1.54) is 27.9 Å². The van der Waals surface area contributed by atoms with Crippen LogP contribution in [0.4, 0.5) is 10.5 Å². The Balaban J connectivity index is 1.83. The van der Waals surface area contributed by atoms with Crippen molar-refractivity contribution in [1.29, 1.82) is 0 Å². The number of hydrogen-bond donors (Lipinski definition) is 1. The molecule has 2 aliphatic heterocycles. The molecule has 0 saturated carbocycles. The molecule has 0 unspecified atom stereocenters. The summed E-state index contributed by atoms with van der Waals surface area (Å²) in [4.78, 5) is 19.2. The molecule has 3 rings (SSSR count). The van der Waals surface area contributed by atoms with Crippen LogP contribution in [0.3, 0.4) is 0 Å². The maximum absolute atomic E-state index is 12.5. The molecule has 0 radical (unpaired) electrons. The molecule has 6 heteroatoms. The minimum Gasteiger partial charge on any atom is -0.444 e. The third-order valence-electron chi connectivity index (χ3n) is 6.35. The van der Waals surface area contributed by atoms with Gasteiger partial charge in [-0.2, -0.15) is 0 Å². The summed E-state index contributed by atoms with van der Waals surface area (Å²) in [6, 6.07) is 0. The summed E-state index contributed by atoms with van der Waals surface area (Å²) in [6.45, 7) is 20.2. The van der Waals surface area contributed by atoms with Crippen LogP contribution in [-0.2, 0) is 11.3 Å². The van der Waals surface area contributed by atoms with Gasteiger partial charge in [-0.05, 0) is 63.8 Å². The third-order valence-corrected chi connectivity index (χ3v) is 6.35. The lowest BCUT2D eigenvalue weighted by Gasteiger charge is -2.39. The van der Waals surface area contributed by atoms with E-state index in [4.69, 9.17) is 11.2 Å². The molecule has 2 fully saturated rings. The topological polar surface area (TPSA) is 48.0 Å². The summed E-state index contributed by atoms with van der Waals surface area (Å²) in [7, 11) is 0. The van der Waals surface area contributed by atoms with Crippen molar-refractivity contribution in [2.75, 3.05) is 57.3 Å². The number of carbonyl (C=O) groups is 1. The molecule has 2 aliphatic rings. The minimum atomic E-state index is -0.473. The lowest BCUT2D eigenvalue weighted by atomic mass is 9.90. The summed E-state index contributed by atoms with van der Waals surface area (Å²) >= 11 is 0. The highest BCUT2D eigenvalue weighted by atomic mass is 16.6. The molecule has 0 bridgehead atoms. The number of ether oxygens (including phenoxy) is 1. The van der Waals surface area contributed by atoms with Crippen molar-refractivity contribution in [3.05, 3.63) is 27.8 Å². The van der Waals surface area contributed by atoms with Crippen molar-refractivity contribution < 1.29 is 9.53 Å². The SMILES string of the molecule is C#Cc1c(C)c(CN2CCNCC2)c(C)c(N2CCN(C(=O)OC(C)(C)C)CC2)c1C. The number of hydrogen-bond acceptors (Lipinski definition) is 5. The van der Waals surface area contributed by atoms with Gasteiger partial charge in [-0.15, -0.1) is 6.42 Å². The molecule has 1 aromatic carbocycles. The van der Waals surface area contributed by atoms with Crippen LogP contribution >= 0.6 is 0 Å². The molecule has 6 nitrogen and oxygen atoms in total. The van der Waals surface area contributed by atoms with Gasteiger partial charge in [-0.25, -0.2) is 4.79 Å². The Kier molecular flexibility index (Phi) is 7.18. The molecule has 0 atom stereocenters. The Morgan fingerprint density at radius 2 is 1.61 bits per heavy atom. The average Bonchev–Trinajstić information content (AvgIpc) is 2.71. The molecule has 170 valence electrons. The van der Waals surface area contributed by atoms with Gasteiger partial charge in [0, 0.05) is 70.2 Å². The lowest BCUT2D eigenvalue weighted by Crippen LogP contribution is -2.50. The van der Waals surface area contributed by atoms with Crippen LogP contribution in [0.2, 0.25) is 0 Å². The summed E-state index contributed by atoms with van der Waals surface area (Å²) in [6.07, 6.45) is 5.73. The molecule has 0 spiro atoms. The Bertz CT molecular complexity index is 852. The number of amides is 1. The van der Waals surface area contributed by atoms with Crippen LogP contribution in [0, 0.1) is 33.1 Å². The quantitative estimate of drug-likeness (QED) is 0.753. The highest BCUT2D eigenvalue weighted by Crippen LogP contribution is 2.35. The first-order valence-corrected chi connectivity index (χ1v) is 11.4. The highest BCUT2D eigenvalue weighted by molar-refractivity contribution is 5.71. The number of piperazine rings is 2. The van der Waals surface area contributed by atoms with Crippen LogP contribution in [0.15, 0.2) is 0 Å². The zero-order valence-electron chi connectivity index (χ0n) is 20.1. The summed E-state index contributed by atoms with van der Waals surface area (Å²) in [5, 5.41) is 3.43. The predicted molar refractivity (Wildman–Crippen MR) is 127 cm³/mol. The van der Waals surface area contributed by atoms with Crippen molar-refractivity contribution in [2.24, 2.45) is 0 Å². The third kappa shape index (κ3) is 5.34. The fraction of sp³-hybridized carbons (Fsp3) is 0.640. The van der Waals surface area contributed by atoms with E-state index in [0.29, 0.717) is 13.1 Å². The average molecular weight is 427 g/mol. The van der Waals surface area contributed by atoms with Crippen molar-refractivity contribution in [3.8, 4) is 12.3 Å². The van der Waals surface area contributed by atoms with Crippen molar-refractivity contribution in [1.82, 2.24) is 15.1 Å². The Labute approximate surface area is 187 Å². The van der Waals surface area contributed by atoms with Gasteiger partial charge in [0.15, 0.2) is 0 Å². The number of rotatable bonds is 3. The molecule has 1 N–H and O–H groups in total. The Morgan fingerprint density at radius 3 is 2.16 bits per heavy atom. The molecule has 1 amide bonds. The van der Waals surface area contributed by atoms with Gasteiger partial charge >= 0.3 is 6.09 Å². The zero-order valence-corrected chi connectivity index (χ0v) is 20.1. The molecular weight excluding hydrogens is 388 g/mol. The highest BCUT2D eigenvalue weighted by Gasteiger charge is 2.28. The first kappa shape index (κ1) is 23.4.